The third kappa shape index (κ3) is 3.82. The van der Waals surface area contributed by atoms with Crippen LogP contribution >= 0.6 is 0 Å². The second kappa shape index (κ2) is 10.3. The van der Waals surface area contributed by atoms with Gasteiger partial charge in [0.1, 0.15) is 0 Å². The maximum absolute atomic E-state index is 13.0. The van der Waals surface area contributed by atoms with Crippen LogP contribution in [0, 0.1) is 62.1 Å². The predicted molar refractivity (Wildman–Crippen MR) is 174 cm³/mol. The monoisotopic (exact) mass is 583 g/mol. The summed E-state index contributed by atoms with van der Waals surface area (Å²) in [6.45, 7) is 26.3. The minimum atomic E-state index is -0.637. The lowest BCUT2D eigenvalue weighted by Crippen LogP contribution is -2.71. The molecule has 0 radical (unpaired) electrons. The van der Waals surface area contributed by atoms with Crippen molar-refractivity contribution < 1.29 is 15.0 Å². The van der Waals surface area contributed by atoms with E-state index in [1.54, 1.807) is 0 Å². The second-order valence-electron chi connectivity index (χ2n) is 17.8. The minimum absolute atomic E-state index is 0.0121. The van der Waals surface area contributed by atoms with Crippen LogP contribution in [0.4, 0.5) is 0 Å². The number of aliphatic carboxylic acids is 1. The van der Waals surface area contributed by atoms with Crippen molar-refractivity contribution in [2.45, 2.75) is 164 Å². The van der Waals surface area contributed by atoms with Crippen molar-refractivity contribution in [2.75, 3.05) is 0 Å². The number of aliphatic hydroxyl groups is 1. The maximum Gasteiger partial charge on any atom is 0.309 e. The molecular weight excluding hydrogens is 516 g/mol. The molecule has 3 nitrogen and oxygen atoms in total. The van der Waals surface area contributed by atoms with Gasteiger partial charge < -0.3 is 10.2 Å². The first-order chi connectivity index (χ1) is 19.5. The molecule has 0 aromatic heterocycles. The molecule has 0 aliphatic heterocycles. The molecule has 42 heavy (non-hydrogen) atoms. The van der Waals surface area contributed by atoms with Gasteiger partial charge in [-0.25, -0.2) is 0 Å². The summed E-state index contributed by atoms with van der Waals surface area (Å²) in [6.07, 6.45) is 16.2. The Morgan fingerprint density at radius 2 is 1.50 bits per heavy atom. The molecule has 5 fully saturated rings. The van der Waals surface area contributed by atoms with E-state index in [9.17, 15) is 15.0 Å². The molecule has 3 heteroatoms. The molecule has 5 saturated carbocycles. The fourth-order valence-corrected chi connectivity index (χ4v) is 14.3. The summed E-state index contributed by atoms with van der Waals surface area (Å²) in [4.78, 5) is 13.0. The van der Waals surface area contributed by atoms with Gasteiger partial charge in [-0.2, -0.15) is 0 Å². The van der Waals surface area contributed by atoms with Gasteiger partial charge in [0.15, 0.2) is 0 Å². The number of hydrogen-bond acceptors (Lipinski definition) is 2. The smallest absolute Gasteiger partial charge is 0.309 e. The highest BCUT2D eigenvalue weighted by Crippen LogP contribution is 2.79. The summed E-state index contributed by atoms with van der Waals surface area (Å²) >= 11 is 0. The van der Waals surface area contributed by atoms with Gasteiger partial charge in [0.05, 0.1) is 11.0 Å². The number of carbonyl (C=O) groups is 1. The van der Waals surface area contributed by atoms with E-state index in [2.05, 4.69) is 68.9 Å². The van der Waals surface area contributed by atoms with Crippen molar-refractivity contribution in [3.8, 4) is 0 Å². The first kappa shape index (κ1) is 32.6. The van der Waals surface area contributed by atoms with Crippen LogP contribution in [0.2, 0.25) is 0 Å². The Morgan fingerprint density at radius 3 is 2.07 bits per heavy atom. The molecule has 0 heterocycles. The van der Waals surface area contributed by atoms with E-state index in [0.29, 0.717) is 23.7 Å². The fraction of sp³-hybridized carbons (Fsp3) is 0.923. The van der Waals surface area contributed by atoms with Crippen LogP contribution in [0.1, 0.15) is 159 Å². The number of unbranched alkanes of at least 4 members (excludes halogenated alkanes) is 1. The van der Waals surface area contributed by atoms with Gasteiger partial charge in [-0.05, 0) is 147 Å². The molecule has 0 bridgehead atoms. The van der Waals surface area contributed by atoms with Gasteiger partial charge in [-0.3, -0.25) is 4.79 Å². The Bertz CT molecular complexity index is 1070. The molecular formula is C39H66O3. The van der Waals surface area contributed by atoms with E-state index in [1.165, 1.54) is 37.7 Å². The molecule has 2 N–H and O–H groups in total. The van der Waals surface area contributed by atoms with Crippen LogP contribution in [-0.2, 0) is 4.79 Å². The molecule has 0 spiro atoms. The zero-order chi connectivity index (χ0) is 31.1. The van der Waals surface area contributed by atoms with Crippen LogP contribution < -0.4 is 0 Å². The normalized spacial score (nSPS) is 48.0. The highest BCUT2D eigenvalue weighted by Gasteiger charge is 2.74. The first-order valence-corrected chi connectivity index (χ1v) is 18.1. The summed E-state index contributed by atoms with van der Waals surface area (Å²) in [7, 11) is 0. The molecule has 5 aliphatic carbocycles. The summed E-state index contributed by atoms with van der Waals surface area (Å²) < 4.78 is 0. The van der Waals surface area contributed by atoms with Gasteiger partial charge in [0.2, 0.25) is 0 Å². The predicted octanol–water partition coefficient (Wildman–Crippen LogP) is 10.5. The third-order valence-corrected chi connectivity index (χ3v) is 17.0. The summed E-state index contributed by atoms with van der Waals surface area (Å²) in [5.74, 6) is 1.65. The summed E-state index contributed by atoms with van der Waals surface area (Å²) in [6, 6.07) is 0. The topological polar surface area (TPSA) is 57.5 Å². The molecule has 0 aromatic carbocycles. The number of rotatable bonds is 8. The van der Waals surface area contributed by atoms with Gasteiger partial charge in [-0.1, -0.05) is 80.4 Å². The lowest BCUT2D eigenvalue weighted by atomic mass is 9.30. The van der Waals surface area contributed by atoms with Crippen LogP contribution in [0.25, 0.3) is 0 Å². The van der Waals surface area contributed by atoms with E-state index in [1.807, 2.05) is 0 Å². The maximum atomic E-state index is 13.0. The van der Waals surface area contributed by atoms with Crippen molar-refractivity contribution in [1.29, 1.82) is 0 Å². The zero-order valence-electron chi connectivity index (χ0n) is 29.0. The van der Waals surface area contributed by atoms with E-state index >= 15 is 0 Å². The lowest BCUT2D eigenvalue weighted by Gasteiger charge is -2.74. The van der Waals surface area contributed by atoms with Gasteiger partial charge in [0.25, 0.3) is 0 Å². The molecule has 10 atom stereocenters. The van der Waals surface area contributed by atoms with Crippen LogP contribution in [-0.4, -0.2) is 21.8 Å². The highest BCUT2D eigenvalue weighted by atomic mass is 16.4. The van der Waals surface area contributed by atoms with E-state index in [0.717, 1.165) is 64.2 Å². The van der Waals surface area contributed by atoms with Crippen molar-refractivity contribution >= 4 is 5.97 Å². The molecule has 0 amide bonds. The van der Waals surface area contributed by atoms with E-state index in [-0.39, 0.29) is 33.0 Å². The molecule has 5 aliphatic rings. The Morgan fingerprint density at radius 1 is 0.833 bits per heavy atom. The number of carboxylic acid groups (broad SMARTS) is 1. The Hall–Kier alpha value is -0.830. The number of allylic oxidation sites excluding steroid dienone is 1. The number of hydrogen-bond donors (Lipinski definition) is 2. The Balaban J connectivity index is 1.53. The van der Waals surface area contributed by atoms with Crippen LogP contribution in [0.5, 0.6) is 0 Å². The second-order valence-corrected chi connectivity index (χ2v) is 17.8. The van der Waals surface area contributed by atoms with Crippen LogP contribution in [0.3, 0.4) is 0 Å². The Labute approximate surface area is 259 Å². The standard InChI is InChI=1S/C39H66O3/c1-11-14-19-37(12-2,13-3)39(42)25-22-34(8)29(33(39,6)7)18-20-36(10)30(34)16-15-28-31-27(26(4)5)17-21-38(31,32(40)41)24-23-35(28,36)9/h27-31,42H,4,11-25H2,1-3,5-10H3,(H,40,41)/t27?,28?,29?,30?,31?,34-,35+,36+,38-,39-/m0/s1. The largest absolute Gasteiger partial charge is 0.481 e. The molecule has 5 rings (SSSR count). The Kier molecular flexibility index (Phi) is 8.02. The average molecular weight is 583 g/mol. The van der Waals surface area contributed by atoms with E-state index < -0.39 is 17.0 Å². The SMILES string of the molecule is C=C(C)C1CC[C@]2(C(=O)O)CC[C@]3(C)C(CCC4[C@@]5(C)CC[C@@](O)(C(CC)(CC)CCCC)C(C)(C)C5CC[C@]43C)C12. The lowest BCUT2D eigenvalue weighted by molar-refractivity contribution is -0.289. The first-order valence-electron chi connectivity index (χ1n) is 18.1. The highest BCUT2D eigenvalue weighted by molar-refractivity contribution is 5.76. The van der Waals surface area contributed by atoms with Gasteiger partial charge >= 0.3 is 5.97 Å². The summed E-state index contributed by atoms with van der Waals surface area (Å²) in [5, 5.41) is 23.7. The van der Waals surface area contributed by atoms with Gasteiger partial charge in [0, 0.05) is 0 Å². The quantitative estimate of drug-likeness (QED) is 0.280. The van der Waals surface area contributed by atoms with E-state index in [4.69, 9.17) is 0 Å². The minimum Gasteiger partial charge on any atom is -0.481 e. The fourth-order valence-electron chi connectivity index (χ4n) is 14.3. The summed E-state index contributed by atoms with van der Waals surface area (Å²) in [5.41, 5.74) is 0.435. The number of carboxylic acids is 1. The van der Waals surface area contributed by atoms with Crippen molar-refractivity contribution in [1.82, 2.24) is 0 Å². The van der Waals surface area contributed by atoms with Crippen molar-refractivity contribution in [3.05, 3.63) is 12.2 Å². The van der Waals surface area contributed by atoms with Crippen molar-refractivity contribution in [2.24, 2.45) is 62.1 Å². The van der Waals surface area contributed by atoms with Gasteiger partial charge in [-0.15, -0.1) is 0 Å². The molecule has 240 valence electrons. The molecule has 5 unspecified atom stereocenters. The number of fused-ring (bicyclic) bond motifs is 7. The third-order valence-electron chi connectivity index (χ3n) is 17.0. The zero-order valence-corrected chi connectivity index (χ0v) is 29.0. The van der Waals surface area contributed by atoms with Crippen LogP contribution in [0.15, 0.2) is 12.2 Å². The molecule has 0 aromatic rings. The average Bonchev–Trinajstić information content (AvgIpc) is 3.34. The molecule has 0 saturated heterocycles. The van der Waals surface area contributed by atoms with Crippen molar-refractivity contribution in [3.63, 3.8) is 0 Å².